The van der Waals surface area contributed by atoms with E-state index in [0.29, 0.717) is 0 Å². The molecule has 0 aliphatic heterocycles. The van der Waals surface area contributed by atoms with Gasteiger partial charge in [0.2, 0.25) is 0 Å². The standard InChI is InChI=1S/C4H8BrNO3/c1-4(2,7)3(5)6(8)9/h3,7H,1-2H3. The summed E-state index contributed by atoms with van der Waals surface area (Å²) < 4.78 is 0. The van der Waals surface area contributed by atoms with Gasteiger partial charge in [-0.3, -0.25) is 10.1 Å². The lowest BCUT2D eigenvalue weighted by Gasteiger charge is -2.15. The summed E-state index contributed by atoms with van der Waals surface area (Å²) in [6.07, 6.45) is 0. The number of alkyl halides is 1. The number of rotatable bonds is 2. The van der Waals surface area contributed by atoms with E-state index in [1.807, 2.05) is 0 Å². The van der Waals surface area contributed by atoms with Crippen LogP contribution in [0.25, 0.3) is 0 Å². The van der Waals surface area contributed by atoms with Gasteiger partial charge in [-0.15, -0.1) is 0 Å². The molecular weight excluding hydrogens is 190 g/mol. The first-order valence-electron chi connectivity index (χ1n) is 2.35. The van der Waals surface area contributed by atoms with Crippen LogP contribution < -0.4 is 0 Å². The van der Waals surface area contributed by atoms with E-state index in [9.17, 15) is 10.1 Å². The van der Waals surface area contributed by atoms with Gasteiger partial charge in [-0.1, -0.05) is 0 Å². The van der Waals surface area contributed by atoms with Crippen molar-refractivity contribution >= 4 is 15.9 Å². The van der Waals surface area contributed by atoms with Gasteiger partial charge in [0, 0.05) is 4.92 Å². The maximum absolute atomic E-state index is 9.94. The summed E-state index contributed by atoms with van der Waals surface area (Å²) in [7, 11) is 0. The van der Waals surface area contributed by atoms with Gasteiger partial charge in [-0.05, 0) is 29.8 Å². The smallest absolute Gasteiger partial charge is 0.293 e. The van der Waals surface area contributed by atoms with Crippen LogP contribution in [0.15, 0.2) is 0 Å². The zero-order chi connectivity index (χ0) is 7.65. The Bertz CT molecular complexity index is 119. The molecule has 1 atom stereocenters. The van der Waals surface area contributed by atoms with Crippen molar-refractivity contribution in [3.63, 3.8) is 0 Å². The molecule has 0 amide bonds. The van der Waals surface area contributed by atoms with Crippen molar-refractivity contribution in [3.05, 3.63) is 10.1 Å². The second kappa shape index (κ2) is 2.62. The number of halogens is 1. The molecule has 4 nitrogen and oxygen atoms in total. The molecule has 1 unspecified atom stereocenters. The van der Waals surface area contributed by atoms with Crippen molar-refractivity contribution in [2.24, 2.45) is 0 Å². The molecule has 0 aromatic rings. The predicted molar refractivity (Wildman–Crippen MR) is 36.0 cm³/mol. The predicted octanol–water partition coefficient (Wildman–Crippen LogP) is 0.755. The third kappa shape index (κ3) is 2.76. The topological polar surface area (TPSA) is 63.4 Å². The lowest BCUT2D eigenvalue weighted by molar-refractivity contribution is -0.512. The van der Waals surface area contributed by atoms with Crippen LogP contribution in [0.5, 0.6) is 0 Å². The molecule has 0 saturated heterocycles. The molecule has 0 spiro atoms. The SMILES string of the molecule is CC(C)(O)C(Br)[N+](=O)[O-]. The van der Waals surface area contributed by atoms with E-state index in [-0.39, 0.29) is 0 Å². The maximum atomic E-state index is 9.94. The van der Waals surface area contributed by atoms with Gasteiger partial charge in [0.15, 0.2) is 0 Å². The Labute approximate surface area is 61.1 Å². The molecule has 0 radical (unpaired) electrons. The number of aliphatic hydroxyl groups is 1. The highest BCUT2D eigenvalue weighted by molar-refractivity contribution is 9.09. The third-order valence-electron chi connectivity index (χ3n) is 0.768. The molecule has 0 bridgehead atoms. The van der Waals surface area contributed by atoms with Crippen LogP contribution in [-0.4, -0.2) is 20.6 Å². The van der Waals surface area contributed by atoms with Gasteiger partial charge < -0.3 is 5.11 Å². The summed E-state index contributed by atoms with van der Waals surface area (Å²) in [5, 5.41) is 18.9. The van der Waals surface area contributed by atoms with Gasteiger partial charge in [0.25, 0.3) is 4.95 Å². The number of nitrogens with zero attached hydrogens (tertiary/aromatic N) is 1. The Balaban J connectivity index is 4.04. The van der Waals surface area contributed by atoms with Crippen molar-refractivity contribution in [3.8, 4) is 0 Å². The van der Waals surface area contributed by atoms with E-state index in [1.165, 1.54) is 13.8 Å². The molecule has 0 aliphatic carbocycles. The van der Waals surface area contributed by atoms with Crippen LogP contribution in [0.1, 0.15) is 13.8 Å². The van der Waals surface area contributed by atoms with Crippen molar-refractivity contribution in [1.29, 1.82) is 0 Å². The Hall–Kier alpha value is -0.160. The average molecular weight is 198 g/mol. The molecule has 0 heterocycles. The van der Waals surface area contributed by atoms with Crippen molar-refractivity contribution in [1.82, 2.24) is 0 Å². The van der Waals surface area contributed by atoms with Crippen molar-refractivity contribution < 1.29 is 10.0 Å². The fourth-order valence-corrected chi connectivity index (χ4v) is 0.258. The number of nitro groups is 1. The van der Waals surface area contributed by atoms with Gasteiger partial charge >= 0.3 is 0 Å². The quantitative estimate of drug-likeness (QED) is 0.308. The summed E-state index contributed by atoms with van der Waals surface area (Å²) >= 11 is 2.71. The van der Waals surface area contributed by atoms with Gasteiger partial charge in [-0.25, -0.2) is 0 Å². The summed E-state index contributed by atoms with van der Waals surface area (Å²) in [4.78, 5) is 8.27. The molecule has 9 heavy (non-hydrogen) atoms. The highest BCUT2D eigenvalue weighted by atomic mass is 79.9. The van der Waals surface area contributed by atoms with Gasteiger partial charge in [0.05, 0.1) is 0 Å². The summed E-state index contributed by atoms with van der Waals surface area (Å²) in [6.45, 7) is 2.74. The number of hydrogen-bond donors (Lipinski definition) is 1. The minimum Gasteiger partial charge on any atom is -0.382 e. The maximum Gasteiger partial charge on any atom is 0.293 e. The molecule has 0 saturated carbocycles. The minimum absolute atomic E-state index is 0.583. The monoisotopic (exact) mass is 197 g/mol. The van der Waals surface area contributed by atoms with E-state index in [0.717, 1.165) is 0 Å². The molecule has 0 rings (SSSR count). The second-order valence-corrected chi connectivity index (χ2v) is 3.14. The van der Waals surface area contributed by atoms with Crippen LogP contribution in [0.4, 0.5) is 0 Å². The van der Waals surface area contributed by atoms with E-state index >= 15 is 0 Å². The van der Waals surface area contributed by atoms with Gasteiger partial charge in [0.1, 0.15) is 5.60 Å². The summed E-state index contributed by atoms with van der Waals surface area (Å²) in [6, 6.07) is 0. The van der Waals surface area contributed by atoms with E-state index in [1.54, 1.807) is 0 Å². The number of hydrogen-bond acceptors (Lipinski definition) is 3. The molecule has 5 heteroatoms. The molecule has 0 fully saturated rings. The fraction of sp³-hybridized carbons (Fsp3) is 1.00. The van der Waals surface area contributed by atoms with Crippen molar-refractivity contribution in [2.75, 3.05) is 0 Å². The molecule has 0 aromatic heterocycles. The van der Waals surface area contributed by atoms with Crippen LogP contribution in [0, 0.1) is 10.1 Å². The normalized spacial score (nSPS) is 15.1. The van der Waals surface area contributed by atoms with E-state index in [4.69, 9.17) is 5.11 Å². The molecule has 1 N–H and O–H groups in total. The van der Waals surface area contributed by atoms with Crippen molar-refractivity contribution in [2.45, 2.75) is 24.4 Å². The zero-order valence-corrected chi connectivity index (χ0v) is 6.75. The van der Waals surface area contributed by atoms with Crippen LogP contribution in [-0.2, 0) is 0 Å². The minimum atomic E-state index is -1.30. The summed E-state index contributed by atoms with van der Waals surface area (Å²) in [5.41, 5.74) is -1.30. The lowest BCUT2D eigenvalue weighted by Crippen LogP contribution is -2.36. The fourth-order valence-electron chi connectivity index (χ4n) is 0.258. The van der Waals surface area contributed by atoms with E-state index < -0.39 is 15.5 Å². The molecule has 0 aliphatic rings. The zero-order valence-electron chi connectivity index (χ0n) is 5.17. The largest absolute Gasteiger partial charge is 0.382 e. The molecule has 54 valence electrons. The Kier molecular flexibility index (Phi) is 2.57. The second-order valence-electron chi connectivity index (χ2n) is 2.27. The lowest BCUT2D eigenvalue weighted by atomic mass is 10.1. The first-order chi connectivity index (χ1) is 3.85. The molecular formula is C4H8BrNO3. The van der Waals surface area contributed by atoms with Crippen LogP contribution in [0.2, 0.25) is 0 Å². The highest BCUT2D eigenvalue weighted by Gasteiger charge is 2.33. The van der Waals surface area contributed by atoms with E-state index in [2.05, 4.69) is 15.9 Å². The average Bonchev–Trinajstić information content (AvgIpc) is 1.62. The Morgan fingerprint density at radius 3 is 2.11 bits per heavy atom. The van der Waals surface area contributed by atoms with Crippen LogP contribution in [0.3, 0.4) is 0 Å². The first-order valence-corrected chi connectivity index (χ1v) is 3.27. The van der Waals surface area contributed by atoms with Gasteiger partial charge in [-0.2, -0.15) is 0 Å². The Morgan fingerprint density at radius 1 is 1.78 bits per heavy atom. The molecule has 0 aromatic carbocycles. The third-order valence-corrected chi connectivity index (χ3v) is 2.22. The Morgan fingerprint density at radius 2 is 2.11 bits per heavy atom. The summed E-state index contributed by atoms with van der Waals surface area (Å²) in [5.74, 6) is 0. The highest BCUT2D eigenvalue weighted by Crippen LogP contribution is 2.16. The first kappa shape index (κ1) is 8.84. The van der Waals surface area contributed by atoms with Crippen LogP contribution >= 0.6 is 15.9 Å².